The highest BCUT2D eigenvalue weighted by Gasteiger charge is 2.40. The summed E-state index contributed by atoms with van der Waals surface area (Å²) in [7, 11) is 0. The Kier molecular flexibility index (Phi) is 4.82. The fourth-order valence-corrected chi connectivity index (χ4v) is 3.26. The number of halogens is 1. The van der Waals surface area contributed by atoms with E-state index in [0.717, 1.165) is 4.90 Å². The van der Waals surface area contributed by atoms with Crippen molar-refractivity contribution in [3.05, 3.63) is 74.9 Å². The molecule has 0 N–H and O–H groups in total. The van der Waals surface area contributed by atoms with E-state index in [0.29, 0.717) is 17.5 Å². The lowest BCUT2D eigenvalue weighted by Gasteiger charge is -2.12. The second-order valence-corrected chi connectivity index (χ2v) is 6.80. The van der Waals surface area contributed by atoms with Gasteiger partial charge in [-0.2, -0.15) is 4.98 Å². The molecule has 0 saturated heterocycles. The molecule has 0 bridgehead atoms. The molecule has 0 saturated carbocycles. The van der Waals surface area contributed by atoms with E-state index in [1.165, 1.54) is 24.3 Å². The lowest BCUT2D eigenvalue weighted by Crippen LogP contribution is -2.31. The number of carbonyl (C=O) groups is 2. The molecule has 30 heavy (non-hydrogen) atoms. The van der Waals surface area contributed by atoms with Crippen LogP contribution in [0.25, 0.3) is 11.4 Å². The highest BCUT2D eigenvalue weighted by Crippen LogP contribution is 2.30. The van der Waals surface area contributed by atoms with E-state index in [-0.39, 0.29) is 47.3 Å². The molecule has 2 heterocycles. The number of aryl methyl sites for hydroxylation is 2. The molecule has 152 valence electrons. The van der Waals surface area contributed by atoms with Crippen molar-refractivity contribution in [1.82, 2.24) is 15.0 Å². The van der Waals surface area contributed by atoms with E-state index < -0.39 is 16.7 Å². The first-order chi connectivity index (χ1) is 14.4. The quantitative estimate of drug-likeness (QED) is 0.347. The van der Waals surface area contributed by atoms with Crippen molar-refractivity contribution in [3.8, 4) is 11.4 Å². The Morgan fingerprint density at radius 1 is 1.20 bits per heavy atom. The van der Waals surface area contributed by atoms with Crippen molar-refractivity contribution in [1.29, 1.82) is 0 Å². The van der Waals surface area contributed by atoms with Crippen LogP contribution in [-0.2, 0) is 6.42 Å². The molecule has 2 aromatic carbocycles. The summed E-state index contributed by atoms with van der Waals surface area (Å²) in [5.41, 5.74) is 0.425. The highest BCUT2D eigenvalue weighted by atomic mass is 19.1. The van der Waals surface area contributed by atoms with E-state index >= 15 is 0 Å². The maximum atomic E-state index is 13.7. The van der Waals surface area contributed by atoms with Crippen LogP contribution in [0.2, 0.25) is 0 Å². The zero-order valence-electron chi connectivity index (χ0n) is 15.8. The SMILES string of the molecule is Cc1ccc(-c2noc(CCCN3C(=O)c4cccc([N+](=O)[O-])c4C3=O)n2)cc1F. The molecule has 4 rings (SSSR count). The summed E-state index contributed by atoms with van der Waals surface area (Å²) in [6, 6.07) is 8.57. The van der Waals surface area contributed by atoms with Gasteiger partial charge in [-0.1, -0.05) is 23.4 Å². The van der Waals surface area contributed by atoms with Gasteiger partial charge >= 0.3 is 0 Å². The second-order valence-electron chi connectivity index (χ2n) is 6.80. The van der Waals surface area contributed by atoms with Crippen LogP contribution in [0.3, 0.4) is 0 Å². The average Bonchev–Trinajstić information content (AvgIpc) is 3.29. The summed E-state index contributed by atoms with van der Waals surface area (Å²) in [4.78, 5) is 40.7. The third kappa shape index (κ3) is 3.32. The zero-order valence-corrected chi connectivity index (χ0v) is 15.8. The van der Waals surface area contributed by atoms with Gasteiger partial charge in [0.1, 0.15) is 11.4 Å². The number of imide groups is 1. The van der Waals surface area contributed by atoms with Crippen LogP contribution in [0.5, 0.6) is 0 Å². The third-order valence-electron chi connectivity index (χ3n) is 4.84. The molecule has 1 aliphatic heterocycles. The van der Waals surface area contributed by atoms with Gasteiger partial charge in [-0.15, -0.1) is 0 Å². The van der Waals surface area contributed by atoms with Crippen molar-refractivity contribution in [2.24, 2.45) is 0 Å². The molecule has 0 aliphatic carbocycles. The Bertz CT molecular complexity index is 1190. The number of fused-ring (bicyclic) bond motifs is 1. The smallest absolute Gasteiger partial charge is 0.282 e. The molecular weight excluding hydrogens is 395 g/mol. The van der Waals surface area contributed by atoms with Gasteiger partial charge in [0.2, 0.25) is 11.7 Å². The first kappa shape index (κ1) is 19.4. The monoisotopic (exact) mass is 410 g/mol. The number of nitro benzene ring substituents is 1. The predicted molar refractivity (Wildman–Crippen MR) is 101 cm³/mol. The molecular formula is C20H15FN4O5. The minimum absolute atomic E-state index is 0.0238. The Morgan fingerprint density at radius 3 is 2.73 bits per heavy atom. The molecule has 0 spiro atoms. The fourth-order valence-electron chi connectivity index (χ4n) is 3.26. The Morgan fingerprint density at radius 2 is 2.00 bits per heavy atom. The maximum Gasteiger partial charge on any atom is 0.282 e. The molecule has 0 radical (unpaired) electrons. The van der Waals surface area contributed by atoms with Crippen LogP contribution >= 0.6 is 0 Å². The van der Waals surface area contributed by atoms with E-state index in [4.69, 9.17) is 4.52 Å². The van der Waals surface area contributed by atoms with E-state index in [2.05, 4.69) is 10.1 Å². The normalized spacial score (nSPS) is 13.1. The zero-order chi connectivity index (χ0) is 21.4. The molecule has 0 unspecified atom stereocenters. The first-order valence-electron chi connectivity index (χ1n) is 9.09. The van der Waals surface area contributed by atoms with Crippen molar-refractivity contribution in [2.75, 3.05) is 6.54 Å². The Balaban J connectivity index is 1.43. The van der Waals surface area contributed by atoms with Gasteiger partial charge in [0.05, 0.1) is 10.5 Å². The molecule has 9 nitrogen and oxygen atoms in total. The van der Waals surface area contributed by atoms with Crippen LogP contribution in [0.15, 0.2) is 40.9 Å². The van der Waals surface area contributed by atoms with Gasteiger partial charge in [0, 0.05) is 24.6 Å². The lowest BCUT2D eigenvalue weighted by atomic mass is 10.1. The number of hydrogen-bond donors (Lipinski definition) is 0. The molecule has 0 fully saturated rings. The molecule has 1 aromatic heterocycles. The molecule has 1 aliphatic rings. The fraction of sp³-hybridized carbons (Fsp3) is 0.200. The second kappa shape index (κ2) is 7.47. The molecule has 2 amide bonds. The van der Waals surface area contributed by atoms with Gasteiger partial charge in [-0.3, -0.25) is 24.6 Å². The first-order valence-corrected chi connectivity index (χ1v) is 9.09. The summed E-state index contributed by atoms with van der Waals surface area (Å²) < 4.78 is 18.9. The minimum Gasteiger partial charge on any atom is -0.339 e. The number of nitrogens with zero attached hydrogens (tertiary/aromatic N) is 4. The Hall–Kier alpha value is -3.95. The van der Waals surface area contributed by atoms with E-state index in [9.17, 15) is 24.1 Å². The average molecular weight is 410 g/mol. The van der Waals surface area contributed by atoms with Crippen LogP contribution < -0.4 is 0 Å². The lowest BCUT2D eigenvalue weighted by molar-refractivity contribution is -0.385. The summed E-state index contributed by atoms with van der Waals surface area (Å²) in [5.74, 6) is -1.13. The van der Waals surface area contributed by atoms with E-state index in [1.807, 2.05) is 0 Å². The van der Waals surface area contributed by atoms with Crippen LogP contribution in [0.1, 0.15) is 38.6 Å². The number of rotatable bonds is 6. The number of hydrogen-bond acceptors (Lipinski definition) is 7. The minimum atomic E-state index is -0.691. The topological polar surface area (TPSA) is 119 Å². The molecule has 0 atom stereocenters. The van der Waals surface area contributed by atoms with Crippen LogP contribution in [0.4, 0.5) is 10.1 Å². The van der Waals surface area contributed by atoms with Gasteiger partial charge in [0.25, 0.3) is 17.5 Å². The van der Waals surface area contributed by atoms with E-state index in [1.54, 1.807) is 19.1 Å². The van der Waals surface area contributed by atoms with Gasteiger partial charge < -0.3 is 4.52 Å². The van der Waals surface area contributed by atoms with Crippen LogP contribution in [0, 0.1) is 22.9 Å². The number of amides is 2. The maximum absolute atomic E-state index is 13.7. The highest BCUT2D eigenvalue weighted by molar-refractivity contribution is 6.23. The third-order valence-corrected chi connectivity index (χ3v) is 4.84. The van der Waals surface area contributed by atoms with Gasteiger partial charge in [-0.25, -0.2) is 4.39 Å². The number of aromatic nitrogens is 2. The van der Waals surface area contributed by atoms with Gasteiger partial charge in [-0.05, 0) is 31.0 Å². The summed E-state index contributed by atoms with van der Waals surface area (Å²) in [6.07, 6.45) is 0.597. The standard InChI is InChI=1S/C20H15FN4O5/c1-11-7-8-12(10-14(11)21)18-22-16(30-23-18)6-3-9-24-19(26)13-4-2-5-15(25(28)29)17(13)20(24)27/h2,4-5,7-8,10H,3,6,9H2,1H3. The number of nitro groups is 1. The van der Waals surface area contributed by atoms with Crippen molar-refractivity contribution < 1.29 is 23.4 Å². The Labute approximate surface area is 169 Å². The van der Waals surface area contributed by atoms with Crippen molar-refractivity contribution in [2.45, 2.75) is 19.8 Å². The predicted octanol–water partition coefficient (Wildman–Crippen LogP) is 3.32. The number of carbonyl (C=O) groups excluding carboxylic acids is 2. The van der Waals surface area contributed by atoms with Crippen LogP contribution in [-0.4, -0.2) is 38.3 Å². The summed E-state index contributed by atoms with van der Waals surface area (Å²) >= 11 is 0. The summed E-state index contributed by atoms with van der Waals surface area (Å²) in [6.45, 7) is 1.69. The largest absolute Gasteiger partial charge is 0.339 e. The van der Waals surface area contributed by atoms with Gasteiger partial charge in [0.15, 0.2) is 0 Å². The number of benzene rings is 2. The van der Waals surface area contributed by atoms with Crippen molar-refractivity contribution in [3.63, 3.8) is 0 Å². The molecule has 3 aromatic rings. The van der Waals surface area contributed by atoms with Crippen molar-refractivity contribution >= 4 is 17.5 Å². The molecule has 10 heteroatoms. The summed E-state index contributed by atoms with van der Waals surface area (Å²) in [5, 5.41) is 15.0.